The lowest BCUT2D eigenvalue weighted by Crippen LogP contribution is -2.24. The van der Waals surface area contributed by atoms with Crippen molar-refractivity contribution in [2.24, 2.45) is 0 Å². The molecular formula is C44H60N2O3. The van der Waals surface area contributed by atoms with Crippen molar-refractivity contribution in [2.75, 3.05) is 44.2 Å². The second-order valence-electron chi connectivity index (χ2n) is 13.3. The highest BCUT2D eigenvalue weighted by Gasteiger charge is 2.12. The van der Waals surface area contributed by atoms with Crippen molar-refractivity contribution in [1.29, 1.82) is 0 Å². The lowest BCUT2D eigenvalue weighted by atomic mass is 10.0. The standard InChI is InChI=1S/C44H60N2O3/c1-6-7-8-11-14-30-46(35-38-21-27-43(48-4)28-22-38)41-31-39(32-44(33-41)49-5)16-13-10-9-12-15-29-45(40-23-17-36(2)18-24-40)34-37-19-25-42(47-3)26-20-37/h17-28,31-33H,6-16,29-30,34-35H2,1-5H3. The quantitative estimate of drug-likeness (QED) is 0.0737. The molecule has 0 aromatic heterocycles. The fourth-order valence-electron chi connectivity index (χ4n) is 6.41. The molecule has 0 aliphatic rings. The van der Waals surface area contributed by atoms with Gasteiger partial charge in [-0.05, 0) is 97.8 Å². The number of rotatable bonds is 23. The lowest BCUT2D eigenvalue weighted by Gasteiger charge is -2.26. The predicted octanol–water partition coefficient (Wildman–Crippen LogP) is 11.2. The summed E-state index contributed by atoms with van der Waals surface area (Å²) in [5.74, 6) is 2.75. The SMILES string of the molecule is CCCCCCCN(Cc1ccc(OC)cc1)c1cc(CCCCCCCN(Cc2ccc(OC)cc2)c2ccc(C)cc2)cc(OC)c1. The first kappa shape index (κ1) is 37.7. The second-order valence-corrected chi connectivity index (χ2v) is 13.3. The summed E-state index contributed by atoms with van der Waals surface area (Å²) in [6, 6.07) is 32.7. The minimum atomic E-state index is 0.877. The van der Waals surface area contributed by atoms with Gasteiger partial charge in [-0.25, -0.2) is 0 Å². The van der Waals surface area contributed by atoms with Crippen LogP contribution in [0.3, 0.4) is 0 Å². The topological polar surface area (TPSA) is 34.2 Å². The second kappa shape index (κ2) is 21.1. The Hall–Kier alpha value is -4.12. The molecule has 0 atom stereocenters. The van der Waals surface area contributed by atoms with Crippen molar-refractivity contribution < 1.29 is 14.2 Å². The largest absolute Gasteiger partial charge is 0.497 e. The van der Waals surface area contributed by atoms with E-state index in [2.05, 4.69) is 115 Å². The van der Waals surface area contributed by atoms with Crippen molar-refractivity contribution >= 4 is 11.4 Å². The van der Waals surface area contributed by atoms with Gasteiger partial charge >= 0.3 is 0 Å². The third-order valence-electron chi connectivity index (χ3n) is 9.44. The van der Waals surface area contributed by atoms with Crippen LogP contribution < -0.4 is 24.0 Å². The number of aryl methyl sites for hydroxylation is 2. The molecule has 0 aliphatic carbocycles. The smallest absolute Gasteiger partial charge is 0.121 e. The van der Waals surface area contributed by atoms with Gasteiger partial charge < -0.3 is 24.0 Å². The minimum absolute atomic E-state index is 0.877. The Bertz CT molecular complexity index is 1470. The molecule has 4 aromatic carbocycles. The molecule has 0 amide bonds. The Labute approximate surface area is 297 Å². The molecule has 0 saturated heterocycles. The number of ether oxygens (including phenoxy) is 3. The van der Waals surface area contributed by atoms with E-state index in [0.717, 1.165) is 49.8 Å². The molecule has 49 heavy (non-hydrogen) atoms. The summed E-state index contributed by atoms with van der Waals surface area (Å²) in [4.78, 5) is 5.05. The van der Waals surface area contributed by atoms with Crippen LogP contribution in [0.4, 0.5) is 11.4 Å². The zero-order valence-electron chi connectivity index (χ0n) is 30.9. The zero-order chi connectivity index (χ0) is 34.7. The Balaban J connectivity index is 1.30. The predicted molar refractivity (Wildman–Crippen MR) is 208 cm³/mol. The zero-order valence-corrected chi connectivity index (χ0v) is 30.9. The van der Waals surface area contributed by atoms with E-state index in [4.69, 9.17) is 14.2 Å². The van der Waals surface area contributed by atoms with E-state index in [1.165, 1.54) is 97.8 Å². The van der Waals surface area contributed by atoms with Crippen LogP contribution in [0.25, 0.3) is 0 Å². The van der Waals surface area contributed by atoms with Crippen LogP contribution in [0.2, 0.25) is 0 Å². The van der Waals surface area contributed by atoms with Gasteiger partial charge in [-0.15, -0.1) is 0 Å². The van der Waals surface area contributed by atoms with Gasteiger partial charge in [0.05, 0.1) is 21.3 Å². The lowest BCUT2D eigenvalue weighted by molar-refractivity contribution is 0.414. The molecule has 0 heterocycles. The highest BCUT2D eigenvalue weighted by Crippen LogP contribution is 2.28. The van der Waals surface area contributed by atoms with E-state index in [1.54, 1.807) is 21.3 Å². The number of methoxy groups -OCH3 is 3. The van der Waals surface area contributed by atoms with Crippen molar-refractivity contribution in [3.05, 3.63) is 113 Å². The van der Waals surface area contributed by atoms with Crippen LogP contribution in [0.5, 0.6) is 17.2 Å². The summed E-state index contributed by atoms with van der Waals surface area (Å²) in [6.45, 7) is 8.30. The first-order valence-electron chi connectivity index (χ1n) is 18.5. The molecule has 0 unspecified atom stereocenters. The summed E-state index contributed by atoms with van der Waals surface area (Å²) in [7, 11) is 5.23. The van der Waals surface area contributed by atoms with E-state index >= 15 is 0 Å². The average molecular weight is 665 g/mol. The number of nitrogens with zero attached hydrogens (tertiary/aromatic N) is 2. The van der Waals surface area contributed by atoms with Gasteiger partial charge in [0.25, 0.3) is 0 Å². The summed E-state index contributed by atoms with van der Waals surface area (Å²) in [5.41, 5.74) is 7.81. The molecular weight excluding hydrogens is 604 g/mol. The van der Waals surface area contributed by atoms with Gasteiger partial charge in [-0.2, -0.15) is 0 Å². The van der Waals surface area contributed by atoms with Crippen LogP contribution in [-0.4, -0.2) is 34.4 Å². The Kier molecular flexibility index (Phi) is 16.2. The molecule has 0 N–H and O–H groups in total. The fourth-order valence-corrected chi connectivity index (χ4v) is 6.41. The maximum Gasteiger partial charge on any atom is 0.121 e. The summed E-state index contributed by atoms with van der Waals surface area (Å²) in [5, 5.41) is 0. The first-order chi connectivity index (χ1) is 24.0. The van der Waals surface area contributed by atoms with Crippen LogP contribution in [0, 0.1) is 6.92 Å². The van der Waals surface area contributed by atoms with Crippen LogP contribution in [0.1, 0.15) is 93.4 Å². The van der Waals surface area contributed by atoms with Gasteiger partial charge in [-0.1, -0.05) is 93.8 Å². The van der Waals surface area contributed by atoms with E-state index in [0.29, 0.717) is 0 Å². The molecule has 0 radical (unpaired) electrons. The molecule has 0 aliphatic heterocycles. The molecule has 5 heteroatoms. The monoisotopic (exact) mass is 664 g/mol. The molecule has 5 nitrogen and oxygen atoms in total. The van der Waals surface area contributed by atoms with E-state index in [1.807, 2.05) is 0 Å². The van der Waals surface area contributed by atoms with E-state index < -0.39 is 0 Å². The molecule has 0 fully saturated rings. The van der Waals surface area contributed by atoms with Crippen LogP contribution in [-0.2, 0) is 19.5 Å². The van der Waals surface area contributed by atoms with Crippen LogP contribution in [0.15, 0.2) is 91.0 Å². The van der Waals surface area contributed by atoms with Gasteiger partial charge in [0.15, 0.2) is 0 Å². The van der Waals surface area contributed by atoms with Gasteiger partial charge in [0.2, 0.25) is 0 Å². The average Bonchev–Trinajstić information content (AvgIpc) is 3.14. The van der Waals surface area contributed by atoms with Crippen molar-refractivity contribution in [3.63, 3.8) is 0 Å². The summed E-state index contributed by atoms with van der Waals surface area (Å²) in [6.07, 6.45) is 13.5. The number of benzene rings is 4. The van der Waals surface area contributed by atoms with Gasteiger partial charge in [0, 0.05) is 43.6 Å². The van der Waals surface area contributed by atoms with Crippen molar-refractivity contribution in [2.45, 2.75) is 97.6 Å². The van der Waals surface area contributed by atoms with Crippen LogP contribution >= 0.6 is 0 Å². The highest BCUT2D eigenvalue weighted by atomic mass is 16.5. The van der Waals surface area contributed by atoms with Gasteiger partial charge in [-0.3, -0.25) is 0 Å². The third-order valence-corrected chi connectivity index (χ3v) is 9.44. The maximum absolute atomic E-state index is 5.81. The first-order valence-corrected chi connectivity index (χ1v) is 18.5. The molecule has 0 spiro atoms. The van der Waals surface area contributed by atoms with Crippen molar-refractivity contribution in [1.82, 2.24) is 0 Å². The fraction of sp³-hybridized carbons (Fsp3) is 0.455. The third kappa shape index (κ3) is 13.0. The van der Waals surface area contributed by atoms with Crippen molar-refractivity contribution in [3.8, 4) is 17.2 Å². The summed E-state index contributed by atoms with van der Waals surface area (Å²) >= 11 is 0. The molecule has 0 saturated carbocycles. The number of anilines is 2. The molecule has 4 aromatic rings. The number of hydrogen-bond donors (Lipinski definition) is 0. The Morgan fingerprint density at radius 2 is 0.939 bits per heavy atom. The highest BCUT2D eigenvalue weighted by molar-refractivity contribution is 5.54. The molecule has 4 rings (SSSR count). The number of hydrogen-bond acceptors (Lipinski definition) is 5. The Morgan fingerprint density at radius 1 is 0.449 bits per heavy atom. The Morgan fingerprint density at radius 3 is 1.47 bits per heavy atom. The molecule has 264 valence electrons. The van der Waals surface area contributed by atoms with E-state index in [9.17, 15) is 0 Å². The number of unbranched alkanes of at least 4 members (excludes halogenated alkanes) is 8. The maximum atomic E-state index is 5.81. The van der Waals surface area contributed by atoms with Gasteiger partial charge in [0.1, 0.15) is 17.2 Å². The van der Waals surface area contributed by atoms with E-state index in [-0.39, 0.29) is 0 Å². The normalized spacial score (nSPS) is 11.0. The molecule has 0 bridgehead atoms. The summed E-state index contributed by atoms with van der Waals surface area (Å²) < 4.78 is 16.6. The minimum Gasteiger partial charge on any atom is -0.497 e.